The Morgan fingerprint density at radius 1 is 1.12 bits per heavy atom. The third kappa shape index (κ3) is 5.71. The lowest BCUT2D eigenvalue weighted by molar-refractivity contribution is 0.290. The minimum atomic E-state index is -0.524. The average Bonchev–Trinajstić information content (AvgIpc) is 2.64. The summed E-state index contributed by atoms with van der Waals surface area (Å²) in [6.07, 6.45) is 1.36. The van der Waals surface area contributed by atoms with Crippen molar-refractivity contribution >= 4 is 0 Å². The number of halogens is 2. The van der Waals surface area contributed by atoms with Crippen molar-refractivity contribution in [3.8, 4) is 17.6 Å². The van der Waals surface area contributed by atoms with Crippen LogP contribution < -0.4 is 14.8 Å². The van der Waals surface area contributed by atoms with Crippen molar-refractivity contribution in [1.82, 2.24) is 5.32 Å². The molecule has 1 N–H and O–H groups in total. The van der Waals surface area contributed by atoms with Crippen molar-refractivity contribution in [3.63, 3.8) is 0 Å². The fourth-order valence-corrected chi connectivity index (χ4v) is 2.49. The van der Waals surface area contributed by atoms with Crippen LogP contribution in [-0.2, 0) is 13.0 Å². The minimum Gasteiger partial charge on any atom is -0.493 e. The normalized spacial score (nSPS) is 10.4. The van der Waals surface area contributed by atoms with Gasteiger partial charge in [0.05, 0.1) is 19.8 Å². The fraction of sp³-hybridized carbons (Fsp3) is 0.350. The number of unbranched alkanes of at least 4 members (excludes halogenated alkanes) is 1. The lowest BCUT2D eigenvalue weighted by Crippen LogP contribution is -2.18. The van der Waals surface area contributed by atoms with E-state index >= 15 is 0 Å². The minimum absolute atomic E-state index is 0.0937. The summed E-state index contributed by atoms with van der Waals surface area (Å²) in [4.78, 5) is 0. The molecular formula is C20H22F2N2O2. The molecule has 138 valence electrons. The summed E-state index contributed by atoms with van der Waals surface area (Å²) in [7, 11) is 1.57. The summed E-state index contributed by atoms with van der Waals surface area (Å²) >= 11 is 0. The van der Waals surface area contributed by atoms with E-state index in [1.54, 1.807) is 7.11 Å². The largest absolute Gasteiger partial charge is 0.493 e. The number of benzene rings is 2. The van der Waals surface area contributed by atoms with Gasteiger partial charge in [0.25, 0.3) is 0 Å². The van der Waals surface area contributed by atoms with E-state index in [1.165, 1.54) is 18.2 Å². The molecule has 2 aromatic rings. The zero-order valence-corrected chi connectivity index (χ0v) is 14.7. The van der Waals surface area contributed by atoms with Crippen molar-refractivity contribution < 1.29 is 18.3 Å². The van der Waals surface area contributed by atoms with Crippen molar-refractivity contribution in [2.24, 2.45) is 0 Å². The summed E-state index contributed by atoms with van der Waals surface area (Å²) in [6.45, 7) is 1.42. The maximum Gasteiger partial charge on any atom is 0.161 e. The highest BCUT2D eigenvalue weighted by Crippen LogP contribution is 2.28. The Morgan fingerprint density at radius 2 is 1.88 bits per heavy atom. The Balaban J connectivity index is 1.88. The molecular weight excluding hydrogens is 338 g/mol. The maximum atomic E-state index is 13.6. The van der Waals surface area contributed by atoms with E-state index < -0.39 is 11.6 Å². The molecule has 2 rings (SSSR count). The van der Waals surface area contributed by atoms with E-state index in [2.05, 4.69) is 11.4 Å². The van der Waals surface area contributed by atoms with Gasteiger partial charge >= 0.3 is 0 Å². The Morgan fingerprint density at radius 3 is 2.58 bits per heavy atom. The number of hydrogen-bond donors (Lipinski definition) is 1. The lowest BCUT2D eigenvalue weighted by atomic mass is 10.1. The third-order valence-electron chi connectivity index (χ3n) is 3.86. The number of methoxy groups -OCH3 is 1. The van der Waals surface area contributed by atoms with Gasteiger partial charge in [-0.15, -0.1) is 0 Å². The second-order valence-electron chi connectivity index (χ2n) is 5.72. The molecule has 0 aliphatic carbocycles. The van der Waals surface area contributed by atoms with Gasteiger partial charge in [0.2, 0.25) is 0 Å². The van der Waals surface area contributed by atoms with Gasteiger partial charge in [-0.3, -0.25) is 0 Å². The molecule has 0 bridgehead atoms. The standard InChI is InChI=1S/C20H22F2N2O2/c1-25-19-8-7-15(13-20(19)26-12-3-2-10-23)14-24-11-9-16-17(21)5-4-6-18(16)22/h4-8,13,24H,2-3,9,11-12,14H2,1H3. The van der Waals surface area contributed by atoms with Crippen LogP contribution >= 0.6 is 0 Å². The Kier molecular flexibility index (Phi) is 7.84. The van der Waals surface area contributed by atoms with Gasteiger partial charge in [-0.2, -0.15) is 5.26 Å². The van der Waals surface area contributed by atoms with E-state index in [4.69, 9.17) is 14.7 Å². The van der Waals surface area contributed by atoms with Gasteiger partial charge in [0.15, 0.2) is 11.5 Å². The van der Waals surface area contributed by atoms with Crippen LogP contribution in [0.4, 0.5) is 8.78 Å². The molecule has 0 fully saturated rings. The van der Waals surface area contributed by atoms with Crippen LogP contribution in [0.5, 0.6) is 11.5 Å². The van der Waals surface area contributed by atoms with Gasteiger partial charge in [-0.05, 0) is 49.2 Å². The number of nitrogens with one attached hydrogen (secondary N) is 1. The zero-order chi connectivity index (χ0) is 18.8. The fourth-order valence-electron chi connectivity index (χ4n) is 2.49. The smallest absolute Gasteiger partial charge is 0.161 e. The van der Waals surface area contributed by atoms with Crippen LogP contribution in [0.15, 0.2) is 36.4 Å². The second kappa shape index (κ2) is 10.4. The lowest BCUT2D eigenvalue weighted by Gasteiger charge is -2.12. The van der Waals surface area contributed by atoms with Crippen molar-refractivity contribution in [2.75, 3.05) is 20.3 Å². The maximum absolute atomic E-state index is 13.6. The Bertz CT molecular complexity index is 740. The van der Waals surface area contributed by atoms with Crippen LogP contribution in [0.3, 0.4) is 0 Å². The molecule has 0 aliphatic heterocycles. The number of nitriles is 1. The van der Waals surface area contributed by atoms with E-state index in [9.17, 15) is 8.78 Å². The Hall–Kier alpha value is -2.65. The van der Waals surface area contributed by atoms with Crippen LogP contribution in [-0.4, -0.2) is 20.3 Å². The van der Waals surface area contributed by atoms with E-state index in [-0.39, 0.29) is 12.0 Å². The summed E-state index contributed by atoms with van der Waals surface area (Å²) < 4.78 is 38.1. The molecule has 0 radical (unpaired) electrons. The number of ether oxygens (including phenoxy) is 2. The molecule has 0 unspecified atom stereocenters. The molecule has 0 aromatic heterocycles. The summed E-state index contributed by atoms with van der Waals surface area (Å²) in [6, 6.07) is 11.5. The molecule has 4 nitrogen and oxygen atoms in total. The number of nitrogens with zero attached hydrogens (tertiary/aromatic N) is 1. The Labute approximate surface area is 152 Å². The van der Waals surface area contributed by atoms with Gasteiger partial charge in [-0.1, -0.05) is 12.1 Å². The second-order valence-corrected chi connectivity index (χ2v) is 5.72. The first-order chi connectivity index (χ1) is 12.7. The van der Waals surface area contributed by atoms with Gasteiger partial charge in [0, 0.05) is 18.5 Å². The first-order valence-electron chi connectivity index (χ1n) is 8.46. The first kappa shape index (κ1) is 19.7. The third-order valence-corrected chi connectivity index (χ3v) is 3.86. The van der Waals surface area contributed by atoms with Crippen molar-refractivity contribution in [1.29, 1.82) is 5.26 Å². The summed E-state index contributed by atoms with van der Waals surface area (Å²) in [5, 5.41) is 11.7. The summed E-state index contributed by atoms with van der Waals surface area (Å²) in [5.41, 5.74) is 1.06. The number of hydrogen-bond acceptors (Lipinski definition) is 4. The molecule has 0 amide bonds. The first-order valence-corrected chi connectivity index (χ1v) is 8.46. The molecule has 0 heterocycles. The van der Waals surface area contributed by atoms with Crippen molar-refractivity contribution in [3.05, 3.63) is 59.2 Å². The molecule has 0 aliphatic rings. The molecule has 0 saturated heterocycles. The van der Waals surface area contributed by atoms with Gasteiger partial charge < -0.3 is 14.8 Å². The van der Waals surface area contributed by atoms with Gasteiger partial charge in [-0.25, -0.2) is 8.78 Å². The molecule has 26 heavy (non-hydrogen) atoms. The average molecular weight is 360 g/mol. The number of rotatable bonds is 10. The predicted octanol–water partition coefficient (Wildman–Crippen LogP) is 3.99. The van der Waals surface area contributed by atoms with E-state index in [1.807, 2.05) is 18.2 Å². The van der Waals surface area contributed by atoms with Crippen molar-refractivity contribution in [2.45, 2.75) is 25.8 Å². The molecule has 0 atom stereocenters. The molecule has 0 spiro atoms. The highest BCUT2D eigenvalue weighted by molar-refractivity contribution is 5.43. The SMILES string of the molecule is COc1ccc(CNCCc2c(F)cccc2F)cc1OCCCC#N. The highest BCUT2D eigenvalue weighted by Gasteiger charge is 2.08. The van der Waals surface area contributed by atoms with Crippen LogP contribution in [0.1, 0.15) is 24.0 Å². The van der Waals surface area contributed by atoms with Crippen LogP contribution in [0, 0.1) is 23.0 Å². The zero-order valence-electron chi connectivity index (χ0n) is 14.7. The van der Waals surface area contributed by atoms with Gasteiger partial charge in [0.1, 0.15) is 11.6 Å². The van der Waals surface area contributed by atoms with Crippen LogP contribution in [0.2, 0.25) is 0 Å². The van der Waals surface area contributed by atoms with E-state index in [0.717, 1.165) is 5.56 Å². The molecule has 2 aromatic carbocycles. The quantitative estimate of drug-likeness (QED) is 0.651. The van der Waals surface area contributed by atoms with Crippen LogP contribution in [0.25, 0.3) is 0 Å². The monoisotopic (exact) mass is 360 g/mol. The van der Waals surface area contributed by atoms with E-state index in [0.29, 0.717) is 44.0 Å². The highest BCUT2D eigenvalue weighted by atomic mass is 19.1. The molecule has 6 heteroatoms. The molecule has 0 saturated carbocycles. The predicted molar refractivity (Wildman–Crippen MR) is 95.1 cm³/mol. The topological polar surface area (TPSA) is 54.3 Å². The summed E-state index contributed by atoms with van der Waals surface area (Å²) in [5.74, 6) is 0.192.